The van der Waals surface area contributed by atoms with Crippen molar-refractivity contribution in [3.8, 4) is 0 Å². The quantitative estimate of drug-likeness (QED) is 0.416. The molecule has 0 atom stereocenters. The molecule has 21 heavy (non-hydrogen) atoms. The molecule has 10 heteroatoms. The third-order valence-corrected chi connectivity index (χ3v) is 3.51. The van der Waals surface area contributed by atoms with Gasteiger partial charge in [0.1, 0.15) is 0 Å². The molecule has 1 aliphatic heterocycles. The highest BCUT2D eigenvalue weighted by molar-refractivity contribution is 8.14. The van der Waals surface area contributed by atoms with Crippen molar-refractivity contribution < 1.29 is 24.0 Å². The highest BCUT2D eigenvalue weighted by atomic mass is 32.2. The van der Waals surface area contributed by atoms with E-state index in [4.69, 9.17) is 5.73 Å². The number of amides is 5. The van der Waals surface area contributed by atoms with E-state index in [1.807, 2.05) is 0 Å². The topological polar surface area (TPSA) is 130 Å². The molecule has 0 saturated carbocycles. The standard InChI is InChI=1S/C11H16N4O5S/c12-2-1-4-14(7-16)10(19)9(18)13-3-5-15-8(17)6-21-11(15)20/h7H,1-6,12H2,(H,13,18). The zero-order valence-electron chi connectivity index (χ0n) is 11.2. The highest BCUT2D eigenvalue weighted by Gasteiger charge is 2.29. The molecular weight excluding hydrogens is 300 g/mol. The van der Waals surface area contributed by atoms with Crippen LogP contribution in [0.3, 0.4) is 0 Å². The summed E-state index contributed by atoms with van der Waals surface area (Å²) in [6, 6.07) is 0. The summed E-state index contributed by atoms with van der Waals surface area (Å²) in [7, 11) is 0. The average molecular weight is 316 g/mol. The summed E-state index contributed by atoms with van der Waals surface area (Å²) >= 11 is 0.888. The Balaban J connectivity index is 2.38. The van der Waals surface area contributed by atoms with Gasteiger partial charge >= 0.3 is 11.8 Å². The molecule has 9 nitrogen and oxygen atoms in total. The summed E-state index contributed by atoms with van der Waals surface area (Å²) in [6.07, 6.45) is 0.660. The SMILES string of the molecule is NCCCN(C=O)C(=O)C(=O)NCCN1C(=O)CSC1=O. The molecule has 0 aromatic carbocycles. The lowest BCUT2D eigenvalue weighted by Gasteiger charge is -2.16. The first kappa shape index (κ1) is 17.1. The Hall–Kier alpha value is -1.94. The van der Waals surface area contributed by atoms with Crippen LogP contribution in [-0.2, 0) is 19.2 Å². The third kappa shape index (κ3) is 4.83. The fourth-order valence-corrected chi connectivity index (χ4v) is 2.30. The molecule has 0 radical (unpaired) electrons. The van der Waals surface area contributed by atoms with E-state index in [0.717, 1.165) is 21.6 Å². The van der Waals surface area contributed by atoms with E-state index < -0.39 is 11.8 Å². The van der Waals surface area contributed by atoms with Crippen molar-refractivity contribution in [2.75, 3.05) is 31.9 Å². The van der Waals surface area contributed by atoms with Crippen molar-refractivity contribution in [2.45, 2.75) is 6.42 Å². The molecule has 1 aliphatic rings. The second-order valence-corrected chi connectivity index (χ2v) is 5.03. The first-order valence-corrected chi connectivity index (χ1v) is 7.21. The minimum absolute atomic E-state index is 0.00637. The van der Waals surface area contributed by atoms with Crippen LogP contribution in [-0.4, -0.2) is 71.1 Å². The fourth-order valence-electron chi connectivity index (χ4n) is 1.55. The number of imide groups is 2. The van der Waals surface area contributed by atoms with Crippen LogP contribution in [0.4, 0.5) is 4.79 Å². The monoisotopic (exact) mass is 316 g/mol. The molecule has 3 N–H and O–H groups in total. The van der Waals surface area contributed by atoms with Gasteiger partial charge in [-0.2, -0.15) is 0 Å². The van der Waals surface area contributed by atoms with Crippen molar-refractivity contribution in [3.05, 3.63) is 0 Å². The van der Waals surface area contributed by atoms with Gasteiger partial charge in [-0.15, -0.1) is 0 Å². The van der Waals surface area contributed by atoms with Gasteiger partial charge < -0.3 is 11.1 Å². The largest absolute Gasteiger partial charge is 0.346 e. The van der Waals surface area contributed by atoms with E-state index in [2.05, 4.69) is 5.32 Å². The van der Waals surface area contributed by atoms with E-state index in [0.29, 0.717) is 6.42 Å². The number of hydrogen-bond donors (Lipinski definition) is 2. The predicted molar refractivity (Wildman–Crippen MR) is 74.0 cm³/mol. The lowest BCUT2D eigenvalue weighted by atomic mass is 10.3. The van der Waals surface area contributed by atoms with Crippen LogP contribution in [0.25, 0.3) is 0 Å². The van der Waals surface area contributed by atoms with Crippen LogP contribution in [0.2, 0.25) is 0 Å². The Kier molecular flexibility index (Phi) is 6.82. The van der Waals surface area contributed by atoms with Gasteiger partial charge in [-0.05, 0) is 13.0 Å². The van der Waals surface area contributed by atoms with Crippen molar-refractivity contribution in [1.29, 1.82) is 0 Å². The zero-order valence-corrected chi connectivity index (χ0v) is 12.1. The smallest absolute Gasteiger partial charge is 0.318 e. The van der Waals surface area contributed by atoms with Gasteiger partial charge in [0, 0.05) is 19.6 Å². The Bertz CT molecular complexity index is 440. The maximum atomic E-state index is 11.6. The molecule has 1 rings (SSSR count). The molecule has 0 bridgehead atoms. The second-order valence-electron chi connectivity index (χ2n) is 4.10. The zero-order chi connectivity index (χ0) is 15.8. The summed E-state index contributed by atoms with van der Waals surface area (Å²) in [5, 5.41) is 1.89. The normalized spacial score (nSPS) is 14.2. The first-order valence-electron chi connectivity index (χ1n) is 6.22. The molecule has 0 unspecified atom stereocenters. The van der Waals surface area contributed by atoms with Crippen molar-refractivity contribution in [2.24, 2.45) is 5.73 Å². The molecule has 1 saturated heterocycles. The minimum atomic E-state index is -0.994. The van der Waals surface area contributed by atoms with Crippen LogP contribution in [0.1, 0.15) is 6.42 Å². The Morgan fingerprint density at radius 2 is 2.14 bits per heavy atom. The lowest BCUT2D eigenvalue weighted by molar-refractivity contribution is -0.148. The molecule has 116 valence electrons. The summed E-state index contributed by atoms with van der Waals surface area (Å²) < 4.78 is 0. The van der Waals surface area contributed by atoms with Crippen molar-refractivity contribution >= 4 is 41.1 Å². The van der Waals surface area contributed by atoms with Gasteiger partial charge in [0.15, 0.2) is 0 Å². The van der Waals surface area contributed by atoms with E-state index >= 15 is 0 Å². The third-order valence-electron chi connectivity index (χ3n) is 2.65. The lowest BCUT2D eigenvalue weighted by Crippen LogP contribution is -2.45. The Morgan fingerprint density at radius 1 is 1.43 bits per heavy atom. The number of rotatable bonds is 7. The number of carbonyl (C=O) groups excluding carboxylic acids is 5. The molecule has 0 aromatic heterocycles. The molecule has 0 aromatic rings. The number of thioether (sulfide) groups is 1. The number of nitrogens with two attached hydrogens (primary N) is 1. The fraction of sp³-hybridized carbons (Fsp3) is 0.545. The first-order chi connectivity index (χ1) is 10.0. The molecule has 0 spiro atoms. The van der Waals surface area contributed by atoms with Crippen LogP contribution < -0.4 is 11.1 Å². The summed E-state index contributed by atoms with van der Waals surface area (Å²) in [6.45, 7) is 0.294. The Labute approximate surface area is 125 Å². The number of nitrogens with zero attached hydrogens (tertiary/aromatic N) is 2. The van der Waals surface area contributed by atoms with Crippen LogP contribution in [0, 0.1) is 0 Å². The number of nitrogens with one attached hydrogen (secondary N) is 1. The van der Waals surface area contributed by atoms with Gasteiger partial charge in [0.25, 0.3) is 5.24 Å². The van der Waals surface area contributed by atoms with E-state index in [1.165, 1.54) is 0 Å². The van der Waals surface area contributed by atoms with E-state index in [9.17, 15) is 24.0 Å². The molecule has 0 aliphatic carbocycles. The highest BCUT2D eigenvalue weighted by Crippen LogP contribution is 2.17. The average Bonchev–Trinajstić information content (AvgIpc) is 2.79. The van der Waals surface area contributed by atoms with Gasteiger partial charge in [0.2, 0.25) is 12.3 Å². The molecule has 1 fully saturated rings. The Morgan fingerprint density at radius 3 is 2.67 bits per heavy atom. The van der Waals surface area contributed by atoms with E-state index in [-0.39, 0.29) is 49.5 Å². The van der Waals surface area contributed by atoms with E-state index in [1.54, 1.807) is 0 Å². The number of hydrogen-bond acceptors (Lipinski definition) is 7. The predicted octanol–water partition coefficient (Wildman–Crippen LogP) is -1.87. The summed E-state index contributed by atoms with van der Waals surface area (Å²) in [5.74, 6) is -2.20. The molecule has 1 heterocycles. The summed E-state index contributed by atoms with van der Waals surface area (Å²) in [4.78, 5) is 58.2. The number of carbonyl (C=O) groups is 5. The summed E-state index contributed by atoms with van der Waals surface area (Å²) in [5.41, 5.74) is 5.26. The van der Waals surface area contributed by atoms with Gasteiger partial charge in [0.05, 0.1) is 5.75 Å². The van der Waals surface area contributed by atoms with Gasteiger partial charge in [-0.1, -0.05) is 11.8 Å². The minimum Gasteiger partial charge on any atom is -0.346 e. The maximum Gasteiger partial charge on any atom is 0.318 e. The van der Waals surface area contributed by atoms with Crippen LogP contribution in [0.5, 0.6) is 0 Å². The van der Waals surface area contributed by atoms with Gasteiger partial charge in [-0.3, -0.25) is 33.8 Å². The van der Waals surface area contributed by atoms with Crippen LogP contribution >= 0.6 is 11.8 Å². The van der Waals surface area contributed by atoms with Crippen LogP contribution in [0.15, 0.2) is 0 Å². The second kappa shape index (κ2) is 8.37. The van der Waals surface area contributed by atoms with Crippen molar-refractivity contribution in [3.63, 3.8) is 0 Å². The van der Waals surface area contributed by atoms with Crippen molar-refractivity contribution in [1.82, 2.24) is 15.1 Å². The molecule has 5 amide bonds. The molecular formula is C11H16N4O5S. The van der Waals surface area contributed by atoms with Gasteiger partial charge in [-0.25, -0.2) is 0 Å². The maximum absolute atomic E-state index is 11.6.